The van der Waals surface area contributed by atoms with Gasteiger partial charge in [-0.1, -0.05) is 48.5 Å². The number of nitrogens with zero attached hydrogens (tertiary/aromatic N) is 4. The van der Waals surface area contributed by atoms with Crippen molar-refractivity contribution in [1.82, 2.24) is 9.99 Å². The van der Waals surface area contributed by atoms with E-state index in [1.165, 1.54) is 27.0 Å². The third-order valence-electron chi connectivity index (χ3n) is 5.99. The number of hydrogen-bond acceptors (Lipinski definition) is 9. The van der Waals surface area contributed by atoms with Gasteiger partial charge in [-0.3, -0.25) is 19.7 Å². The fourth-order valence-corrected chi connectivity index (χ4v) is 4.29. The number of pyridine rings is 1. The van der Waals surface area contributed by atoms with Crippen molar-refractivity contribution in [3.8, 4) is 22.8 Å². The van der Waals surface area contributed by atoms with Crippen molar-refractivity contribution in [2.75, 3.05) is 7.11 Å². The van der Waals surface area contributed by atoms with Crippen LogP contribution < -0.4 is 9.47 Å². The Hall–Kier alpha value is -5.32. The van der Waals surface area contributed by atoms with Gasteiger partial charge >= 0.3 is 5.97 Å². The van der Waals surface area contributed by atoms with E-state index in [9.17, 15) is 19.7 Å². The molecule has 0 saturated carbocycles. The number of fused-ring (bicyclic) bond motifs is 1. The molecule has 0 spiro atoms. The van der Waals surface area contributed by atoms with Crippen molar-refractivity contribution in [3.63, 3.8) is 0 Å². The number of nitro benzene ring substituents is 1. The number of hydrogen-bond donors (Lipinski definition) is 0. The molecule has 0 fully saturated rings. The lowest BCUT2D eigenvalue weighted by Crippen LogP contribution is -2.26. The van der Waals surface area contributed by atoms with Gasteiger partial charge in [-0.15, -0.1) is 5.10 Å². The van der Waals surface area contributed by atoms with Gasteiger partial charge in [0.15, 0.2) is 11.5 Å². The van der Waals surface area contributed by atoms with Crippen LogP contribution in [-0.4, -0.2) is 39.8 Å². The van der Waals surface area contributed by atoms with Crippen LogP contribution in [0.3, 0.4) is 0 Å². The SMILES string of the molecule is COc1cc([N+](=O)[O-])cc(C2OC(c3cc(-c4ccccc4)nc4ccccc34)=NN2C(C)=O)c1OC(C)=O. The van der Waals surface area contributed by atoms with Crippen LogP contribution in [0.15, 0.2) is 77.9 Å². The zero-order chi connectivity index (χ0) is 27.7. The molecule has 11 heteroatoms. The molecule has 1 aliphatic rings. The van der Waals surface area contributed by atoms with Gasteiger partial charge < -0.3 is 14.2 Å². The first kappa shape index (κ1) is 25.3. The molecule has 3 aromatic carbocycles. The van der Waals surface area contributed by atoms with Crippen molar-refractivity contribution in [2.24, 2.45) is 5.10 Å². The molecule has 0 saturated heterocycles. The van der Waals surface area contributed by atoms with E-state index in [-0.39, 0.29) is 28.6 Å². The summed E-state index contributed by atoms with van der Waals surface area (Å²) in [6, 6.07) is 21.0. The van der Waals surface area contributed by atoms with Gasteiger partial charge in [-0.25, -0.2) is 4.98 Å². The second-order valence-electron chi connectivity index (χ2n) is 8.59. The summed E-state index contributed by atoms with van der Waals surface area (Å²) >= 11 is 0. The van der Waals surface area contributed by atoms with Gasteiger partial charge in [0.25, 0.3) is 5.69 Å². The number of nitro groups is 1. The van der Waals surface area contributed by atoms with Gasteiger partial charge in [-0.2, -0.15) is 5.01 Å². The van der Waals surface area contributed by atoms with E-state index in [4.69, 9.17) is 19.2 Å². The molecule has 11 nitrogen and oxygen atoms in total. The van der Waals surface area contributed by atoms with E-state index in [0.29, 0.717) is 16.8 Å². The number of esters is 1. The number of hydrazone groups is 1. The number of carbonyl (C=O) groups is 2. The minimum Gasteiger partial charge on any atom is -0.493 e. The van der Waals surface area contributed by atoms with Crippen molar-refractivity contribution in [1.29, 1.82) is 0 Å². The van der Waals surface area contributed by atoms with Crippen LogP contribution in [0, 0.1) is 10.1 Å². The molecule has 1 aromatic heterocycles. The van der Waals surface area contributed by atoms with Crippen LogP contribution >= 0.6 is 0 Å². The van der Waals surface area contributed by atoms with Gasteiger partial charge in [0.2, 0.25) is 18.0 Å². The van der Waals surface area contributed by atoms with Crippen molar-refractivity contribution >= 4 is 34.4 Å². The number of benzene rings is 3. The number of rotatable bonds is 6. The van der Waals surface area contributed by atoms with E-state index < -0.39 is 23.0 Å². The largest absolute Gasteiger partial charge is 0.493 e. The van der Waals surface area contributed by atoms with Crippen molar-refractivity contribution in [2.45, 2.75) is 20.1 Å². The molecule has 196 valence electrons. The Bertz CT molecular complexity index is 1650. The number of carbonyl (C=O) groups excluding carboxylic acids is 2. The molecule has 4 aromatic rings. The summed E-state index contributed by atoms with van der Waals surface area (Å²) in [7, 11) is 1.28. The molecule has 2 heterocycles. The van der Waals surface area contributed by atoms with Crippen molar-refractivity contribution < 1.29 is 28.7 Å². The summed E-state index contributed by atoms with van der Waals surface area (Å²) in [4.78, 5) is 40.5. The number of aromatic nitrogens is 1. The molecule has 0 aliphatic carbocycles. The monoisotopic (exact) mass is 526 g/mol. The highest BCUT2D eigenvalue weighted by molar-refractivity contribution is 6.08. The quantitative estimate of drug-likeness (QED) is 0.149. The number of methoxy groups -OCH3 is 1. The average Bonchev–Trinajstić information content (AvgIpc) is 3.38. The van der Waals surface area contributed by atoms with Crippen LogP contribution in [0.2, 0.25) is 0 Å². The fourth-order valence-electron chi connectivity index (χ4n) is 4.29. The standard InChI is InChI=1S/C28H22N4O7/c1-16(33)31-28(22-13-19(32(35)36)14-25(37-3)26(22)38-17(2)34)39-27(30-31)21-15-24(18-9-5-4-6-10-18)29-23-12-8-7-11-20(21)23/h4-15,28H,1-3H3. The molecule has 5 rings (SSSR count). The highest BCUT2D eigenvalue weighted by Gasteiger charge is 2.38. The zero-order valence-electron chi connectivity index (χ0n) is 21.2. The average molecular weight is 527 g/mol. The molecule has 0 radical (unpaired) electrons. The third-order valence-corrected chi connectivity index (χ3v) is 5.99. The lowest BCUT2D eigenvalue weighted by atomic mass is 10.0. The molecule has 0 N–H and O–H groups in total. The van der Waals surface area contributed by atoms with Crippen LogP contribution in [0.4, 0.5) is 5.69 Å². The summed E-state index contributed by atoms with van der Waals surface area (Å²) < 4.78 is 16.9. The number of amides is 1. The van der Waals surface area contributed by atoms with Crippen molar-refractivity contribution in [3.05, 3.63) is 94.0 Å². The van der Waals surface area contributed by atoms with E-state index in [0.717, 1.165) is 22.0 Å². The highest BCUT2D eigenvalue weighted by Crippen LogP contribution is 2.44. The Morgan fingerprint density at radius 1 is 1.03 bits per heavy atom. The Labute approximate surface area is 222 Å². The van der Waals surface area contributed by atoms with Gasteiger partial charge in [0, 0.05) is 36.4 Å². The maximum atomic E-state index is 12.7. The molecule has 1 unspecified atom stereocenters. The fraction of sp³-hybridized carbons (Fsp3) is 0.143. The smallest absolute Gasteiger partial charge is 0.308 e. The number of non-ortho nitro benzene ring substituents is 1. The topological polar surface area (TPSA) is 133 Å². The predicted molar refractivity (Wildman–Crippen MR) is 141 cm³/mol. The molecule has 0 bridgehead atoms. The summed E-state index contributed by atoms with van der Waals surface area (Å²) in [5, 5.41) is 17.9. The van der Waals surface area contributed by atoms with Crippen LogP contribution in [0.1, 0.15) is 31.2 Å². The van der Waals surface area contributed by atoms with E-state index >= 15 is 0 Å². The van der Waals surface area contributed by atoms with Gasteiger partial charge in [0.1, 0.15) is 0 Å². The van der Waals surface area contributed by atoms with E-state index in [1.54, 1.807) is 6.07 Å². The lowest BCUT2D eigenvalue weighted by Gasteiger charge is -2.22. The Morgan fingerprint density at radius 3 is 2.41 bits per heavy atom. The lowest BCUT2D eigenvalue weighted by molar-refractivity contribution is -0.385. The first-order valence-electron chi connectivity index (χ1n) is 11.8. The number of ether oxygens (including phenoxy) is 3. The summed E-state index contributed by atoms with van der Waals surface area (Å²) in [5.41, 5.74) is 2.43. The number of para-hydroxylation sites is 1. The van der Waals surface area contributed by atoms with Crippen LogP contribution in [-0.2, 0) is 14.3 Å². The summed E-state index contributed by atoms with van der Waals surface area (Å²) in [6.07, 6.45) is -1.28. The van der Waals surface area contributed by atoms with E-state index in [1.807, 2.05) is 54.6 Å². The van der Waals surface area contributed by atoms with Gasteiger partial charge in [-0.05, 0) is 12.1 Å². The molecule has 1 atom stereocenters. The third kappa shape index (κ3) is 4.85. The highest BCUT2D eigenvalue weighted by atomic mass is 16.6. The minimum absolute atomic E-state index is 0.0202. The second-order valence-corrected chi connectivity index (χ2v) is 8.59. The molecular weight excluding hydrogens is 504 g/mol. The molecule has 1 aliphatic heterocycles. The van der Waals surface area contributed by atoms with Crippen LogP contribution in [0.25, 0.3) is 22.2 Å². The Morgan fingerprint density at radius 2 is 1.74 bits per heavy atom. The predicted octanol–water partition coefficient (Wildman–Crippen LogP) is 4.98. The zero-order valence-corrected chi connectivity index (χ0v) is 21.2. The molecular formula is C28H22N4O7. The maximum absolute atomic E-state index is 12.7. The first-order chi connectivity index (χ1) is 18.8. The van der Waals surface area contributed by atoms with Gasteiger partial charge in [0.05, 0.1) is 34.9 Å². The normalized spacial score (nSPS) is 14.5. The first-order valence-corrected chi connectivity index (χ1v) is 11.8. The summed E-state index contributed by atoms with van der Waals surface area (Å²) in [5.74, 6) is -1.30. The molecule has 1 amide bonds. The summed E-state index contributed by atoms with van der Waals surface area (Å²) in [6.45, 7) is 2.46. The van der Waals surface area contributed by atoms with Crippen LogP contribution in [0.5, 0.6) is 11.5 Å². The Kier molecular flexibility index (Phi) is 6.63. The second kappa shape index (κ2) is 10.2. The maximum Gasteiger partial charge on any atom is 0.308 e. The molecule has 39 heavy (non-hydrogen) atoms. The Balaban J connectivity index is 1.68. The minimum atomic E-state index is -1.28. The van der Waals surface area contributed by atoms with E-state index in [2.05, 4.69) is 5.10 Å².